The van der Waals surface area contributed by atoms with E-state index in [4.69, 9.17) is 0 Å². The Morgan fingerprint density at radius 2 is 2.19 bits per heavy atom. The lowest BCUT2D eigenvalue weighted by Crippen LogP contribution is -2.44. The first-order valence-corrected chi connectivity index (χ1v) is 6.71. The first kappa shape index (κ1) is 13.1. The highest BCUT2D eigenvalue weighted by Gasteiger charge is 2.08. The van der Waals surface area contributed by atoms with E-state index >= 15 is 0 Å². The topological polar surface area (TPSA) is 58.2 Å². The number of hydrogen-bond acceptors (Lipinski definition) is 4. The Bertz CT molecular complexity index is 350. The summed E-state index contributed by atoms with van der Waals surface area (Å²) in [7, 11) is 0. The SMILES string of the molecule is CC(C)C(=O)NNC(=O)CSc1cccs1. The van der Waals surface area contributed by atoms with Crippen molar-refractivity contribution in [2.24, 2.45) is 5.92 Å². The fourth-order valence-electron chi connectivity index (χ4n) is 0.794. The predicted octanol–water partition coefficient (Wildman–Crippen LogP) is 1.64. The lowest BCUT2D eigenvalue weighted by Gasteiger charge is -2.08. The van der Waals surface area contributed by atoms with E-state index in [0.29, 0.717) is 5.75 Å². The van der Waals surface area contributed by atoms with E-state index in [2.05, 4.69) is 10.9 Å². The number of rotatable bonds is 4. The van der Waals surface area contributed by atoms with Crippen molar-refractivity contribution in [2.75, 3.05) is 5.75 Å². The summed E-state index contributed by atoms with van der Waals surface area (Å²) in [4.78, 5) is 22.5. The molecule has 0 saturated heterocycles. The molecule has 0 unspecified atom stereocenters. The zero-order valence-corrected chi connectivity index (χ0v) is 10.8. The molecule has 2 amide bonds. The molecule has 1 aromatic heterocycles. The standard InChI is InChI=1S/C10H14N2O2S2/c1-7(2)10(14)12-11-8(13)6-16-9-4-3-5-15-9/h3-5,7H,6H2,1-2H3,(H,11,13)(H,12,14). The van der Waals surface area contributed by atoms with Gasteiger partial charge in [0.1, 0.15) is 0 Å². The van der Waals surface area contributed by atoms with Crippen LogP contribution in [0.3, 0.4) is 0 Å². The number of hydrazine groups is 1. The Morgan fingerprint density at radius 3 is 2.75 bits per heavy atom. The molecular weight excluding hydrogens is 244 g/mol. The molecule has 6 heteroatoms. The largest absolute Gasteiger partial charge is 0.273 e. The molecule has 0 aliphatic heterocycles. The van der Waals surface area contributed by atoms with E-state index < -0.39 is 0 Å². The Balaban J connectivity index is 2.19. The fraction of sp³-hybridized carbons (Fsp3) is 0.400. The first-order valence-electron chi connectivity index (χ1n) is 4.84. The normalized spacial score (nSPS) is 10.2. The molecule has 0 saturated carbocycles. The van der Waals surface area contributed by atoms with E-state index in [1.54, 1.807) is 25.2 Å². The van der Waals surface area contributed by atoms with Gasteiger partial charge in [0.25, 0.3) is 0 Å². The molecule has 4 nitrogen and oxygen atoms in total. The van der Waals surface area contributed by atoms with Gasteiger partial charge in [-0.05, 0) is 11.4 Å². The van der Waals surface area contributed by atoms with Gasteiger partial charge in [0.2, 0.25) is 11.8 Å². The molecule has 0 spiro atoms. The average molecular weight is 258 g/mol. The monoisotopic (exact) mass is 258 g/mol. The number of hydrogen-bond donors (Lipinski definition) is 2. The van der Waals surface area contributed by atoms with Crippen LogP contribution in [0.2, 0.25) is 0 Å². The summed E-state index contributed by atoms with van der Waals surface area (Å²) in [6, 6.07) is 3.89. The number of thioether (sulfide) groups is 1. The van der Waals surface area contributed by atoms with Crippen LogP contribution >= 0.6 is 23.1 Å². The van der Waals surface area contributed by atoms with Crippen molar-refractivity contribution in [1.29, 1.82) is 0 Å². The molecule has 0 aliphatic rings. The highest BCUT2D eigenvalue weighted by atomic mass is 32.2. The molecule has 0 aromatic carbocycles. The summed E-state index contributed by atoms with van der Waals surface area (Å²) in [5.74, 6) is -0.217. The maximum atomic E-state index is 11.3. The lowest BCUT2D eigenvalue weighted by atomic mass is 10.2. The van der Waals surface area contributed by atoms with Crippen LogP contribution < -0.4 is 10.9 Å². The summed E-state index contributed by atoms with van der Waals surface area (Å²) in [6.07, 6.45) is 0. The zero-order valence-electron chi connectivity index (χ0n) is 9.15. The third-order valence-corrected chi connectivity index (χ3v) is 3.82. The molecule has 1 aromatic rings. The molecule has 2 N–H and O–H groups in total. The molecule has 0 atom stereocenters. The second-order valence-electron chi connectivity index (χ2n) is 3.41. The number of nitrogens with one attached hydrogen (secondary N) is 2. The zero-order chi connectivity index (χ0) is 12.0. The number of carbonyl (C=O) groups is 2. The van der Waals surface area contributed by atoms with E-state index in [-0.39, 0.29) is 17.7 Å². The molecular formula is C10H14N2O2S2. The third-order valence-electron chi connectivity index (χ3n) is 1.69. The van der Waals surface area contributed by atoms with Gasteiger partial charge in [0, 0.05) is 5.92 Å². The minimum Gasteiger partial charge on any atom is -0.273 e. The molecule has 0 radical (unpaired) electrons. The third kappa shape index (κ3) is 4.67. The minimum absolute atomic E-state index is 0.134. The summed E-state index contributed by atoms with van der Waals surface area (Å²) < 4.78 is 1.09. The number of amides is 2. The Hall–Kier alpha value is -1.01. The van der Waals surface area contributed by atoms with Gasteiger partial charge in [0.05, 0.1) is 9.96 Å². The van der Waals surface area contributed by atoms with Crippen LogP contribution in [-0.4, -0.2) is 17.6 Å². The van der Waals surface area contributed by atoms with Gasteiger partial charge in [-0.1, -0.05) is 19.9 Å². The maximum Gasteiger partial charge on any atom is 0.248 e. The molecule has 1 heterocycles. The average Bonchev–Trinajstić information content (AvgIpc) is 2.75. The summed E-state index contributed by atoms with van der Waals surface area (Å²) in [5.41, 5.74) is 4.74. The van der Waals surface area contributed by atoms with Crippen molar-refractivity contribution in [3.05, 3.63) is 17.5 Å². The van der Waals surface area contributed by atoms with Crippen LogP contribution in [0.15, 0.2) is 21.7 Å². The van der Waals surface area contributed by atoms with E-state index in [9.17, 15) is 9.59 Å². The van der Waals surface area contributed by atoms with Crippen LogP contribution in [-0.2, 0) is 9.59 Å². The lowest BCUT2D eigenvalue weighted by molar-refractivity contribution is -0.129. The molecule has 0 fully saturated rings. The second-order valence-corrected chi connectivity index (χ2v) is 5.64. The molecule has 0 aliphatic carbocycles. The van der Waals surface area contributed by atoms with Gasteiger partial charge < -0.3 is 0 Å². The summed E-state index contributed by atoms with van der Waals surface area (Å²) in [5, 5.41) is 1.96. The van der Waals surface area contributed by atoms with Crippen LogP contribution in [0.1, 0.15) is 13.8 Å². The number of carbonyl (C=O) groups excluding carboxylic acids is 2. The van der Waals surface area contributed by atoms with Crippen LogP contribution in [0.25, 0.3) is 0 Å². The highest BCUT2D eigenvalue weighted by Crippen LogP contribution is 2.22. The fourth-order valence-corrected chi connectivity index (χ4v) is 2.38. The van der Waals surface area contributed by atoms with Crippen molar-refractivity contribution < 1.29 is 9.59 Å². The summed E-state index contributed by atoms with van der Waals surface area (Å²) in [6.45, 7) is 3.53. The Morgan fingerprint density at radius 1 is 1.44 bits per heavy atom. The second kappa shape index (κ2) is 6.55. The van der Waals surface area contributed by atoms with Crippen molar-refractivity contribution in [3.63, 3.8) is 0 Å². The van der Waals surface area contributed by atoms with Gasteiger partial charge >= 0.3 is 0 Å². The molecule has 16 heavy (non-hydrogen) atoms. The van der Waals surface area contributed by atoms with Crippen molar-refractivity contribution in [3.8, 4) is 0 Å². The summed E-state index contributed by atoms with van der Waals surface area (Å²) >= 11 is 3.04. The van der Waals surface area contributed by atoms with Crippen LogP contribution in [0.5, 0.6) is 0 Å². The van der Waals surface area contributed by atoms with Crippen molar-refractivity contribution in [2.45, 2.75) is 18.1 Å². The first-order chi connectivity index (χ1) is 7.59. The minimum atomic E-state index is -0.201. The smallest absolute Gasteiger partial charge is 0.248 e. The molecule has 0 bridgehead atoms. The Labute approximate surface area is 103 Å². The molecule has 1 rings (SSSR count). The van der Waals surface area contributed by atoms with Gasteiger partial charge in [-0.25, -0.2) is 0 Å². The van der Waals surface area contributed by atoms with Gasteiger partial charge in [-0.2, -0.15) is 0 Å². The highest BCUT2D eigenvalue weighted by molar-refractivity contribution is 8.01. The maximum absolute atomic E-state index is 11.3. The Kier molecular flexibility index (Phi) is 5.34. The van der Waals surface area contributed by atoms with E-state index in [0.717, 1.165) is 4.21 Å². The van der Waals surface area contributed by atoms with Crippen LogP contribution in [0, 0.1) is 5.92 Å². The van der Waals surface area contributed by atoms with Gasteiger partial charge in [-0.3, -0.25) is 20.4 Å². The predicted molar refractivity (Wildman–Crippen MR) is 66.2 cm³/mol. The van der Waals surface area contributed by atoms with Gasteiger partial charge in [-0.15, -0.1) is 23.1 Å². The van der Waals surface area contributed by atoms with Crippen LogP contribution in [0.4, 0.5) is 0 Å². The molecule has 88 valence electrons. The van der Waals surface area contributed by atoms with Crippen molar-refractivity contribution in [1.82, 2.24) is 10.9 Å². The number of thiophene rings is 1. The van der Waals surface area contributed by atoms with E-state index in [1.807, 2.05) is 17.5 Å². The quantitative estimate of drug-likeness (QED) is 0.637. The van der Waals surface area contributed by atoms with Crippen molar-refractivity contribution >= 4 is 34.9 Å². The van der Waals surface area contributed by atoms with E-state index in [1.165, 1.54) is 11.8 Å². The van der Waals surface area contributed by atoms with Gasteiger partial charge in [0.15, 0.2) is 0 Å².